The Morgan fingerprint density at radius 2 is 1.82 bits per heavy atom. The molecule has 7 heteroatoms. The summed E-state index contributed by atoms with van der Waals surface area (Å²) in [6, 6.07) is -0.213. The summed E-state index contributed by atoms with van der Waals surface area (Å²) >= 11 is 0. The van der Waals surface area contributed by atoms with Gasteiger partial charge in [0.15, 0.2) is 0 Å². The first kappa shape index (κ1) is 13.7. The van der Waals surface area contributed by atoms with Crippen molar-refractivity contribution in [2.24, 2.45) is 0 Å². The lowest BCUT2D eigenvalue weighted by molar-refractivity contribution is -0.136. The van der Waals surface area contributed by atoms with Crippen LogP contribution in [0.2, 0.25) is 0 Å². The summed E-state index contributed by atoms with van der Waals surface area (Å²) < 4.78 is 0. The van der Waals surface area contributed by atoms with Crippen molar-refractivity contribution in [1.29, 1.82) is 0 Å². The Morgan fingerprint density at radius 3 is 2.35 bits per heavy atom. The van der Waals surface area contributed by atoms with Gasteiger partial charge in [0, 0.05) is 39.3 Å². The Hall–Kier alpha value is -1.34. The van der Waals surface area contributed by atoms with Crippen molar-refractivity contribution in [2.45, 2.75) is 6.42 Å². The van der Waals surface area contributed by atoms with Crippen LogP contribution >= 0.6 is 0 Å². The number of carbonyl (C=O) groups excluding carboxylic acids is 1. The van der Waals surface area contributed by atoms with E-state index in [2.05, 4.69) is 10.2 Å². The van der Waals surface area contributed by atoms with E-state index < -0.39 is 5.97 Å². The van der Waals surface area contributed by atoms with E-state index in [1.807, 2.05) is 0 Å². The third-order valence-electron chi connectivity index (χ3n) is 2.69. The first-order chi connectivity index (χ1) is 8.13. The molecule has 17 heavy (non-hydrogen) atoms. The summed E-state index contributed by atoms with van der Waals surface area (Å²) in [4.78, 5) is 25.6. The van der Waals surface area contributed by atoms with Gasteiger partial charge in [0.1, 0.15) is 0 Å². The van der Waals surface area contributed by atoms with Crippen LogP contribution in [0.25, 0.3) is 0 Å². The Kier molecular flexibility index (Phi) is 5.71. The molecule has 0 atom stereocenters. The van der Waals surface area contributed by atoms with Crippen LogP contribution in [0.1, 0.15) is 6.42 Å². The SMILES string of the molecule is O=C(O)CCNC(=O)N1CCN(CCO)CC1. The topological polar surface area (TPSA) is 93.1 Å². The quantitative estimate of drug-likeness (QED) is 0.564. The molecular weight excluding hydrogens is 226 g/mol. The number of urea groups is 1. The van der Waals surface area contributed by atoms with Crippen molar-refractivity contribution < 1.29 is 19.8 Å². The minimum absolute atomic E-state index is 0.0593. The Morgan fingerprint density at radius 1 is 1.18 bits per heavy atom. The zero-order valence-electron chi connectivity index (χ0n) is 9.76. The van der Waals surface area contributed by atoms with Crippen molar-refractivity contribution in [3.05, 3.63) is 0 Å². The number of aliphatic hydroxyl groups excluding tert-OH is 1. The molecule has 0 aromatic carbocycles. The number of β-amino-alcohol motifs (C(OH)–C–C–N with tert-alkyl or cyclic N) is 1. The van der Waals surface area contributed by atoms with Gasteiger partial charge in [-0.25, -0.2) is 4.79 Å². The van der Waals surface area contributed by atoms with Crippen molar-refractivity contribution in [3.8, 4) is 0 Å². The second-order valence-electron chi connectivity index (χ2n) is 3.93. The highest BCUT2D eigenvalue weighted by atomic mass is 16.4. The highest BCUT2D eigenvalue weighted by molar-refractivity contribution is 5.75. The molecule has 0 spiro atoms. The van der Waals surface area contributed by atoms with Gasteiger partial charge in [0.2, 0.25) is 0 Å². The fourth-order valence-electron chi connectivity index (χ4n) is 1.70. The number of carbonyl (C=O) groups is 2. The number of hydrogen-bond acceptors (Lipinski definition) is 4. The highest BCUT2D eigenvalue weighted by Crippen LogP contribution is 2.01. The molecule has 7 nitrogen and oxygen atoms in total. The molecule has 1 fully saturated rings. The second-order valence-corrected chi connectivity index (χ2v) is 3.93. The number of amides is 2. The highest BCUT2D eigenvalue weighted by Gasteiger charge is 2.20. The lowest BCUT2D eigenvalue weighted by atomic mass is 10.3. The largest absolute Gasteiger partial charge is 0.481 e. The molecule has 0 aromatic heterocycles. The molecule has 0 aliphatic carbocycles. The number of hydrogen-bond donors (Lipinski definition) is 3. The molecule has 0 unspecified atom stereocenters. The number of rotatable bonds is 5. The fraction of sp³-hybridized carbons (Fsp3) is 0.800. The standard InChI is InChI=1S/C10H19N3O4/c14-8-7-12-3-5-13(6-4-12)10(17)11-2-1-9(15)16/h14H,1-8H2,(H,11,17)(H,15,16). The molecule has 1 saturated heterocycles. The molecule has 98 valence electrons. The molecule has 0 aromatic rings. The van der Waals surface area contributed by atoms with E-state index in [-0.39, 0.29) is 25.6 Å². The van der Waals surface area contributed by atoms with Crippen LogP contribution < -0.4 is 5.32 Å². The van der Waals surface area contributed by atoms with Crippen molar-refractivity contribution >= 4 is 12.0 Å². The second kappa shape index (κ2) is 7.08. The van der Waals surface area contributed by atoms with E-state index >= 15 is 0 Å². The normalized spacial score (nSPS) is 16.9. The Bertz CT molecular complexity index is 264. The maximum atomic E-state index is 11.6. The number of nitrogens with one attached hydrogen (secondary N) is 1. The van der Waals surface area contributed by atoms with E-state index in [0.717, 1.165) is 13.1 Å². The van der Waals surface area contributed by atoms with Gasteiger partial charge in [-0.15, -0.1) is 0 Å². The third-order valence-corrected chi connectivity index (χ3v) is 2.69. The summed E-state index contributed by atoms with van der Waals surface area (Å²) in [7, 11) is 0. The first-order valence-electron chi connectivity index (χ1n) is 5.71. The fourth-order valence-corrected chi connectivity index (χ4v) is 1.70. The van der Waals surface area contributed by atoms with Crippen molar-refractivity contribution in [3.63, 3.8) is 0 Å². The summed E-state index contributed by atoms with van der Waals surface area (Å²) in [6.45, 7) is 3.63. The van der Waals surface area contributed by atoms with Crippen molar-refractivity contribution in [2.75, 3.05) is 45.9 Å². The predicted molar refractivity (Wildman–Crippen MR) is 60.8 cm³/mol. The van der Waals surface area contributed by atoms with Crippen LogP contribution in [0.4, 0.5) is 4.79 Å². The smallest absolute Gasteiger partial charge is 0.317 e. The summed E-state index contributed by atoms with van der Waals surface area (Å²) in [5.41, 5.74) is 0. The Labute approximate surface area is 100.0 Å². The lowest BCUT2D eigenvalue weighted by Gasteiger charge is -2.34. The van der Waals surface area contributed by atoms with Crippen LogP contribution in [-0.2, 0) is 4.79 Å². The molecule has 1 aliphatic heterocycles. The summed E-state index contributed by atoms with van der Waals surface area (Å²) in [5, 5.41) is 19.8. The van der Waals surface area contributed by atoms with Gasteiger partial charge in [0.05, 0.1) is 13.0 Å². The first-order valence-corrected chi connectivity index (χ1v) is 5.71. The van der Waals surface area contributed by atoms with Crippen LogP contribution in [0.15, 0.2) is 0 Å². The molecule has 0 saturated carbocycles. The van der Waals surface area contributed by atoms with Crippen LogP contribution in [-0.4, -0.2) is 77.9 Å². The van der Waals surface area contributed by atoms with E-state index in [1.165, 1.54) is 0 Å². The van der Waals surface area contributed by atoms with Gasteiger partial charge in [-0.05, 0) is 0 Å². The van der Waals surface area contributed by atoms with Gasteiger partial charge in [0.25, 0.3) is 0 Å². The molecule has 1 heterocycles. The van der Waals surface area contributed by atoms with Gasteiger partial charge in [-0.3, -0.25) is 9.69 Å². The van der Waals surface area contributed by atoms with Gasteiger partial charge >= 0.3 is 12.0 Å². The monoisotopic (exact) mass is 245 g/mol. The van der Waals surface area contributed by atoms with Crippen molar-refractivity contribution in [1.82, 2.24) is 15.1 Å². The number of aliphatic hydroxyl groups is 1. The zero-order chi connectivity index (χ0) is 12.7. The lowest BCUT2D eigenvalue weighted by Crippen LogP contribution is -2.52. The average molecular weight is 245 g/mol. The Balaban J connectivity index is 2.19. The number of carboxylic acids is 1. The number of piperazine rings is 1. The van der Waals surface area contributed by atoms with E-state index in [4.69, 9.17) is 10.2 Å². The number of aliphatic carboxylic acids is 1. The van der Waals surface area contributed by atoms with E-state index in [1.54, 1.807) is 4.90 Å². The molecule has 1 rings (SSSR count). The van der Waals surface area contributed by atoms with Crippen LogP contribution in [0.3, 0.4) is 0 Å². The van der Waals surface area contributed by atoms with E-state index in [9.17, 15) is 9.59 Å². The average Bonchev–Trinajstić information content (AvgIpc) is 2.30. The minimum atomic E-state index is -0.918. The van der Waals surface area contributed by atoms with Crippen LogP contribution in [0, 0.1) is 0 Å². The molecule has 3 N–H and O–H groups in total. The summed E-state index contributed by atoms with van der Waals surface area (Å²) in [6.07, 6.45) is -0.0593. The molecular formula is C10H19N3O4. The maximum absolute atomic E-state index is 11.6. The van der Waals surface area contributed by atoms with Crippen LogP contribution in [0.5, 0.6) is 0 Å². The maximum Gasteiger partial charge on any atom is 0.317 e. The third kappa shape index (κ3) is 5.01. The van der Waals surface area contributed by atoms with Gasteiger partial charge < -0.3 is 20.4 Å². The zero-order valence-corrected chi connectivity index (χ0v) is 9.76. The van der Waals surface area contributed by atoms with E-state index in [0.29, 0.717) is 19.6 Å². The predicted octanol–water partition coefficient (Wildman–Crippen LogP) is -1.22. The molecule has 1 aliphatic rings. The number of nitrogens with zero attached hydrogens (tertiary/aromatic N) is 2. The van der Waals surface area contributed by atoms with Gasteiger partial charge in [-0.1, -0.05) is 0 Å². The molecule has 0 bridgehead atoms. The molecule has 0 radical (unpaired) electrons. The molecule has 2 amide bonds. The summed E-state index contributed by atoms with van der Waals surface area (Å²) in [5.74, 6) is -0.918. The minimum Gasteiger partial charge on any atom is -0.481 e. The number of carboxylic acid groups (broad SMARTS) is 1. The van der Waals surface area contributed by atoms with Gasteiger partial charge in [-0.2, -0.15) is 0 Å².